The third kappa shape index (κ3) is 6.97. The van der Waals surface area contributed by atoms with Crippen LogP contribution < -0.4 is 10.6 Å². The van der Waals surface area contributed by atoms with Gasteiger partial charge in [0, 0.05) is 6.54 Å². The van der Waals surface area contributed by atoms with Gasteiger partial charge in [-0.1, -0.05) is 56.1 Å². The number of carbonyl (C=O) groups excluding carboxylic acids is 1. The Hall–Kier alpha value is -1.66. The van der Waals surface area contributed by atoms with Crippen molar-refractivity contribution in [2.24, 2.45) is 5.41 Å². The zero-order chi connectivity index (χ0) is 17.6. The predicted octanol–water partition coefficient (Wildman–Crippen LogP) is 4.07. The van der Waals surface area contributed by atoms with Gasteiger partial charge in [0.1, 0.15) is 0 Å². The van der Waals surface area contributed by atoms with E-state index in [1.807, 2.05) is 20.8 Å². The van der Waals surface area contributed by atoms with Crippen molar-refractivity contribution < 1.29 is 19.4 Å². The number of carbonyl (C=O) groups is 2. The van der Waals surface area contributed by atoms with Crippen molar-refractivity contribution in [3.8, 4) is 0 Å². The second kappa shape index (κ2) is 8.26. The van der Waals surface area contributed by atoms with Crippen molar-refractivity contribution in [3.05, 3.63) is 33.8 Å². The van der Waals surface area contributed by atoms with E-state index in [9.17, 15) is 9.59 Å². The molecule has 2 amide bonds. The normalized spacial score (nSPS) is 12.4. The minimum Gasteiger partial charge on any atom is -0.465 e. The molecule has 0 radical (unpaired) electrons. The molecule has 0 bridgehead atoms. The fraction of sp³-hybridized carbons (Fsp3) is 0.467. The summed E-state index contributed by atoms with van der Waals surface area (Å²) in [6.07, 6.45) is -1.87. The first-order valence-electron chi connectivity index (χ1n) is 6.94. The van der Waals surface area contributed by atoms with Crippen LogP contribution in [0.1, 0.15) is 32.4 Å². The number of alkyl carbamates (subject to hydrolysis) is 1. The van der Waals surface area contributed by atoms with Crippen LogP contribution in [0, 0.1) is 5.41 Å². The topological polar surface area (TPSA) is 87.7 Å². The molecule has 0 aromatic heterocycles. The zero-order valence-corrected chi connectivity index (χ0v) is 14.7. The molecule has 0 spiro atoms. The lowest BCUT2D eigenvalue weighted by Crippen LogP contribution is -2.38. The summed E-state index contributed by atoms with van der Waals surface area (Å²) in [4.78, 5) is 22.6. The number of hydrogen-bond acceptors (Lipinski definition) is 3. The van der Waals surface area contributed by atoms with E-state index < -0.39 is 18.2 Å². The average Bonchev–Trinajstić information content (AvgIpc) is 2.43. The highest BCUT2D eigenvalue weighted by atomic mass is 35.5. The second-order valence-electron chi connectivity index (χ2n) is 6.16. The number of benzene rings is 1. The van der Waals surface area contributed by atoms with Crippen molar-refractivity contribution in [2.75, 3.05) is 13.2 Å². The van der Waals surface area contributed by atoms with E-state index in [-0.39, 0.29) is 23.6 Å². The monoisotopic (exact) mass is 362 g/mol. The van der Waals surface area contributed by atoms with E-state index in [0.29, 0.717) is 10.6 Å². The lowest BCUT2D eigenvalue weighted by Gasteiger charge is -2.22. The maximum atomic E-state index is 11.9. The number of rotatable bonds is 5. The Morgan fingerprint density at radius 3 is 2.52 bits per heavy atom. The summed E-state index contributed by atoms with van der Waals surface area (Å²) in [5.41, 5.74) is 0.320. The molecule has 0 aliphatic heterocycles. The Labute approximate surface area is 145 Å². The lowest BCUT2D eigenvalue weighted by molar-refractivity contribution is 0.103. The first-order valence-corrected chi connectivity index (χ1v) is 7.70. The lowest BCUT2D eigenvalue weighted by atomic mass is 9.99. The number of amides is 2. The molecule has 3 N–H and O–H groups in total. The van der Waals surface area contributed by atoms with E-state index >= 15 is 0 Å². The minimum absolute atomic E-state index is 0.0694. The number of hydrogen-bond donors (Lipinski definition) is 3. The Balaban J connectivity index is 2.86. The second-order valence-corrected chi connectivity index (χ2v) is 6.95. The van der Waals surface area contributed by atoms with Gasteiger partial charge in [-0.25, -0.2) is 9.59 Å². The third-order valence-electron chi connectivity index (χ3n) is 2.74. The highest BCUT2D eigenvalue weighted by Gasteiger charge is 2.21. The van der Waals surface area contributed by atoms with Crippen LogP contribution in [0.3, 0.4) is 0 Å². The Bertz CT molecular complexity index is 573. The van der Waals surface area contributed by atoms with Crippen LogP contribution in [0.5, 0.6) is 0 Å². The fourth-order valence-corrected chi connectivity index (χ4v) is 2.12. The van der Waals surface area contributed by atoms with Gasteiger partial charge in [-0.2, -0.15) is 0 Å². The van der Waals surface area contributed by atoms with E-state index in [0.717, 1.165) is 0 Å². The molecular formula is C15H20Cl2N2O4. The number of carboxylic acid groups (broad SMARTS) is 1. The molecule has 0 saturated carbocycles. The highest BCUT2D eigenvalue weighted by Crippen LogP contribution is 2.29. The third-order valence-corrected chi connectivity index (χ3v) is 3.58. The summed E-state index contributed by atoms with van der Waals surface area (Å²) >= 11 is 12.1. The fourth-order valence-electron chi connectivity index (χ4n) is 1.68. The molecule has 23 heavy (non-hydrogen) atoms. The first-order chi connectivity index (χ1) is 10.6. The van der Waals surface area contributed by atoms with Crippen LogP contribution in [0.4, 0.5) is 9.59 Å². The standard InChI is InChI=1S/C15H20Cl2N2O4/c1-15(2,3)8-23-14(22)19-11(7-18-13(20)21)9-5-4-6-10(16)12(9)17/h4-6,11,18H,7-8H2,1-3H3,(H,19,22)(H,20,21). The molecule has 1 aromatic rings. The van der Waals surface area contributed by atoms with E-state index in [2.05, 4.69) is 10.6 Å². The summed E-state index contributed by atoms with van der Waals surface area (Å²) in [6.45, 7) is 5.94. The Kier molecular flexibility index (Phi) is 6.97. The largest absolute Gasteiger partial charge is 0.465 e. The molecular weight excluding hydrogens is 343 g/mol. The average molecular weight is 363 g/mol. The number of nitrogens with one attached hydrogen (secondary N) is 2. The van der Waals surface area contributed by atoms with Gasteiger partial charge in [-0.05, 0) is 17.0 Å². The van der Waals surface area contributed by atoms with Gasteiger partial charge in [-0.15, -0.1) is 0 Å². The van der Waals surface area contributed by atoms with Gasteiger partial charge in [0.2, 0.25) is 0 Å². The molecule has 0 aliphatic rings. The molecule has 0 saturated heterocycles. The highest BCUT2D eigenvalue weighted by molar-refractivity contribution is 6.42. The molecule has 6 nitrogen and oxygen atoms in total. The van der Waals surface area contributed by atoms with Crippen molar-refractivity contribution in [1.82, 2.24) is 10.6 Å². The number of ether oxygens (including phenoxy) is 1. The van der Waals surface area contributed by atoms with Gasteiger partial charge in [-0.3, -0.25) is 0 Å². The summed E-state index contributed by atoms with van der Waals surface area (Å²) < 4.78 is 5.13. The van der Waals surface area contributed by atoms with E-state index in [1.54, 1.807) is 18.2 Å². The van der Waals surface area contributed by atoms with Crippen molar-refractivity contribution in [2.45, 2.75) is 26.8 Å². The van der Waals surface area contributed by atoms with Crippen molar-refractivity contribution in [3.63, 3.8) is 0 Å². The quantitative estimate of drug-likeness (QED) is 0.736. The molecule has 1 aromatic carbocycles. The van der Waals surface area contributed by atoms with Crippen molar-refractivity contribution >= 4 is 35.4 Å². The van der Waals surface area contributed by atoms with Crippen LogP contribution in [-0.2, 0) is 4.74 Å². The van der Waals surface area contributed by atoms with Gasteiger partial charge >= 0.3 is 12.2 Å². The Morgan fingerprint density at radius 2 is 1.96 bits per heavy atom. The molecule has 0 aliphatic carbocycles. The molecule has 128 valence electrons. The molecule has 1 unspecified atom stereocenters. The molecule has 1 atom stereocenters. The van der Waals surface area contributed by atoms with Crippen LogP contribution >= 0.6 is 23.2 Å². The SMILES string of the molecule is CC(C)(C)COC(=O)NC(CNC(=O)O)c1cccc(Cl)c1Cl. The molecule has 8 heteroatoms. The van der Waals surface area contributed by atoms with Crippen LogP contribution in [0.25, 0.3) is 0 Å². The molecule has 0 fully saturated rings. The van der Waals surface area contributed by atoms with Crippen LogP contribution in [0.15, 0.2) is 18.2 Å². The molecule has 0 heterocycles. The predicted molar refractivity (Wildman–Crippen MR) is 89.2 cm³/mol. The maximum Gasteiger partial charge on any atom is 0.407 e. The summed E-state index contributed by atoms with van der Waals surface area (Å²) in [7, 11) is 0. The van der Waals surface area contributed by atoms with Gasteiger partial charge in [0.05, 0.1) is 22.7 Å². The summed E-state index contributed by atoms with van der Waals surface area (Å²) in [6, 6.07) is 4.23. The van der Waals surface area contributed by atoms with Gasteiger partial charge < -0.3 is 20.5 Å². The Morgan fingerprint density at radius 1 is 1.30 bits per heavy atom. The van der Waals surface area contributed by atoms with Crippen molar-refractivity contribution in [1.29, 1.82) is 0 Å². The van der Waals surface area contributed by atoms with Gasteiger partial charge in [0.25, 0.3) is 0 Å². The van der Waals surface area contributed by atoms with Crippen LogP contribution in [0.2, 0.25) is 10.0 Å². The van der Waals surface area contributed by atoms with E-state index in [1.165, 1.54) is 0 Å². The number of halogens is 2. The smallest absolute Gasteiger partial charge is 0.407 e. The molecule has 1 rings (SSSR count). The first kappa shape index (κ1) is 19.4. The zero-order valence-electron chi connectivity index (χ0n) is 13.2. The summed E-state index contributed by atoms with van der Waals surface area (Å²) in [5, 5.41) is 14.1. The van der Waals surface area contributed by atoms with Crippen LogP contribution in [-0.4, -0.2) is 30.4 Å². The summed E-state index contributed by atoms with van der Waals surface area (Å²) in [5.74, 6) is 0. The van der Waals surface area contributed by atoms with Gasteiger partial charge in [0.15, 0.2) is 0 Å². The maximum absolute atomic E-state index is 11.9. The van der Waals surface area contributed by atoms with E-state index in [4.69, 9.17) is 33.0 Å². The minimum atomic E-state index is -1.21.